The number of aryl methyl sites for hydroxylation is 1. The second-order valence-corrected chi connectivity index (χ2v) is 9.57. The van der Waals surface area contributed by atoms with E-state index in [9.17, 15) is 22.4 Å². The number of imidazole rings is 1. The van der Waals surface area contributed by atoms with Gasteiger partial charge in [-0.1, -0.05) is 12.1 Å². The fourth-order valence-electron chi connectivity index (χ4n) is 5.72. The molecule has 0 saturated heterocycles. The smallest absolute Gasteiger partial charge is 0.435 e. The molecule has 5 rings (SSSR count). The number of H-pyrrole nitrogens is 1. The molecular formula is C28H26F4N2O4. The molecule has 2 aromatic carbocycles. The Morgan fingerprint density at radius 2 is 1.89 bits per heavy atom. The lowest BCUT2D eigenvalue weighted by Gasteiger charge is -2.31. The van der Waals surface area contributed by atoms with Crippen molar-refractivity contribution in [1.29, 1.82) is 0 Å². The Bertz CT molecular complexity index is 1400. The molecule has 1 N–H and O–H groups in total. The molecule has 1 spiro atoms. The average molecular weight is 531 g/mol. The predicted octanol–water partition coefficient (Wildman–Crippen LogP) is 6.07. The van der Waals surface area contributed by atoms with Crippen LogP contribution in [0.2, 0.25) is 0 Å². The molecule has 0 bridgehead atoms. The van der Waals surface area contributed by atoms with Crippen LogP contribution in [0.3, 0.4) is 0 Å². The van der Waals surface area contributed by atoms with E-state index in [-0.39, 0.29) is 24.1 Å². The van der Waals surface area contributed by atoms with Gasteiger partial charge in [0.15, 0.2) is 5.69 Å². The lowest BCUT2D eigenvalue weighted by Crippen LogP contribution is -2.34. The van der Waals surface area contributed by atoms with E-state index in [1.54, 1.807) is 30.3 Å². The van der Waals surface area contributed by atoms with Crippen LogP contribution in [0.15, 0.2) is 48.5 Å². The molecule has 2 aliphatic rings. The van der Waals surface area contributed by atoms with Gasteiger partial charge in [-0.3, -0.25) is 4.79 Å². The van der Waals surface area contributed by atoms with Gasteiger partial charge in [0.2, 0.25) is 0 Å². The molecule has 1 aliphatic heterocycles. The van der Waals surface area contributed by atoms with E-state index >= 15 is 0 Å². The van der Waals surface area contributed by atoms with Crippen molar-refractivity contribution in [2.75, 3.05) is 20.8 Å². The molecule has 1 fully saturated rings. The number of esters is 1. The zero-order chi connectivity index (χ0) is 27.2. The van der Waals surface area contributed by atoms with E-state index in [1.165, 1.54) is 33.3 Å². The first-order valence-electron chi connectivity index (χ1n) is 12.1. The number of aromatic amines is 1. The summed E-state index contributed by atoms with van der Waals surface area (Å²) in [5.41, 5.74) is 0.308. The number of hydrogen-bond acceptors (Lipinski definition) is 5. The molecule has 3 atom stereocenters. The maximum Gasteiger partial charge on any atom is 0.435 e. The van der Waals surface area contributed by atoms with Crippen LogP contribution in [-0.2, 0) is 20.4 Å². The van der Waals surface area contributed by atoms with E-state index in [2.05, 4.69) is 9.97 Å². The summed E-state index contributed by atoms with van der Waals surface area (Å²) in [6, 6.07) is 10.7. The monoisotopic (exact) mass is 530 g/mol. The number of ether oxygens (including phenoxy) is 3. The summed E-state index contributed by atoms with van der Waals surface area (Å²) in [6.45, 7) is 1.62. The van der Waals surface area contributed by atoms with E-state index < -0.39 is 35.1 Å². The Kier molecular flexibility index (Phi) is 6.54. The standard InChI is InChI=1S/C28H26F4N2O4/c1-15-33-24(25(34-15)28(30,31)32)17-6-9-22(36-2)21(12-17)18-13-27(38-14-18)11-10-20(26(35)37-3)23(27)16-4-7-19(29)8-5-16/h4-9,12-13,20,23H,10-11,14H2,1-3H3,(H,33,34)/t20-,23+,27+/m0/s1. The van der Waals surface area contributed by atoms with Gasteiger partial charge in [-0.05, 0) is 67.3 Å². The summed E-state index contributed by atoms with van der Waals surface area (Å²) in [6.07, 6.45) is -1.69. The fourth-order valence-corrected chi connectivity index (χ4v) is 5.72. The maximum absolute atomic E-state index is 13.7. The Morgan fingerprint density at radius 3 is 2.55 bits per heavy atom. The van der Waals surface area contributed by atoms with Crippen molar-refractivity contribution in [3.63, 3.8) is 0 Å². The number of halogens is 4. The van der Waals surface area contributed by atoms with Crippen molar-refractivity contribution in [2.45, 2.75) is 37.5 Å². The maximum atomic E-state index is 13.7. The van der Waals surface area contributed by atoms with E-state index in [1.807, 2.05) is 6.08 Å². The highest BCUT2D eigenvalue weighted by molar-refractivity contribution is 5.80. The number of rotatable bonds is 5. The lowest BCUT2D eigenvalue weighted by molar-refractivity contribution is -0.146. The van der Waals surface area contributed by atoms with E-state index in [4.69, 9.17) is 14.2 Å². The summed E-state index contributed by atoms with van der Waals surface area (Å²) in [5, 5.41) is 0. The normalized spacial score (nSPS) is 23.1. The molecule has 0 radical (unpaired) electrons. The third-order valence-electron chi connectivity index (χ3n) is 7.35. The number of hydrogen-bond donors (Lipinski definition) is 1. The molecule has 1 aromatic heterocycles. The second-order valence-electron chi connectivity index (χ2n) is 9.57. The highest BCUT2D eigenvalue weighted by Gasteiger charge is 2.54. The summed E-state index contributed by atoms with van der Waals surface area (Å²) in [5.74, 6) is -1.10. The summed E-state index contributed by atoms with van der Waals surface area (Å²) >= 11 is 0. The largest absolute Gasteiger partial charge is 0.496 e. The number of alkyl halides is 3. The van der Waals surface area contributed by atoms with Crippen LogP contribution in [0.1, 0.15) is 41.4 Å². The number of carbonyl (C=O) groups excluding carboxylic acids is 1. The van der Waals surface area contributed by atoms with Gasteiger partial charge < -0.3 is 19.2 Å². The Balaban J connectivity index is 1.60. The summed E-state index contributed by atoms with van der Waals surface area (Å²) < 4.78 is 71.6. The first-order chi connectivity index (χ1) is 18.1. The highest BCUT2D eigenvalue weighted by atomic mass is 19.4. The van der Waals surface area contributed by atoms with Gasteiger partial charge in [0.25, 0.3) is 0 Å². The van der Waals surface area contributed by atoms with Crippen LogP contribution in [0.4, 0.5) is 17.6 Å². The zero-order valence-electron chi connectivity index (χ0n) is 21.0. The predicted molar refractivity (Wildman–Crippen MR) is 131 cm³/mol. The molecule has 6 nitrogen and oxygen atoms in total. The van der Waals surface area contributed by atoms with E-state index in [0.29, 0.717) is 35.3 Å². The van der Waals surface area contributed by atoms with Crippen LogP contribution < -0.4 is 4.74 Å². The molecule has 0 amide bonds. The highest BCUT2D eigenvalue weighted by Crippen LogP contribution is 2.54. The minimum Gasteiger partial charge on any atom is -0.496 e. The Labute approximate surface area is 216 Å². The molecule has 1 aliphatic carbocycles. The summed E-state index contributed by atoms with van der Waals surface area (Å²) in [7, 11) is 2.81. The second kappa shape index (κ2) is 9.58. The van der Waals surface area contributed by atoms with Gasteiger partial charge in [0.1, 0.15) is 17.4 Å². The molecule has 1 saturated carbocycles. The van der Waals surface area contributed by atoms with Crippen LogP contribution >= 0.6 is 0 Å². The topological polar surface area (TPSA) is 73.4 Å². The molecule has 38 heavy (non-hydrogen) atoms. The number of carbonyl (C=O) groups is 1. The molecule has 200 valence electrons. The van der Waals surface area contributed by atoms with Crippen molar-refractivity contribution in [2.24, 2.45) is 5.92 Å². The third kappa shape index (κ3) is 4.47. The van der Waals surface area contributed by atoms with Crippen LogP contribution in [0.25, 0.3) is 16.8 Å². The molecular weight excluding hydrogens is 504 g/mol. The number of nitrogens with zero attached hydrogens (tertiary/aromatic N) is 1. The van der Waals surface area contributed by atoms with Crippen LogP contribution in [0.5, 0.6) is 5.75 Å². The Hall–Kier alpha value is -3.66. The Morgan fingerprint density at radius 1 is 1.16 bits per heavy atom. The minimum atomic E-state index is -4.63. The van der Waals surface area contributed by atoms with Gasteiger partial charge in [-0.15, -0.1) is 0 Å². The van der Waals surface area contributed by atoms with Gasteiger partial charge in [0.05, 0.1) is 38.0 Å². The number of methoxy groups -OCH3 is 2. The first kappa shape index (κ1) is 26.0. The summed E-state index contributed by atoms with van der Waals surface area (Å²) in [4.78, 5) is 19.1. The van der Waals surface area contributed by atoms with Crippen LogP contribution in [-0.4, -0.2) is 42.4 Å². The number of benzene rings is 2. The zero-order valence-corrected chi connectivity index (χ0v) is 21.0. The molecule has 2 heterocycles. The first-order valence-corrected chi connectivity index (χ1v) is 12.1. The third-order valence-corrected chi connectivity index (χ3v) is 7.35. The average Bonchev–Trinajstić information content (AvgIpc) is 3.61. The van der Waals surface area contributed by atoms with Crippen molar-refractivity contribution in [1.82, 2.24) is 9.97 Å². The van der Waals surface area contributed by atoms with Crippen molar-refractivity contribution < 1.29 is 36.6 Å². The lowest BCUT2D eigenvalue weighted by atomic mass is 9.79. The molecule has 10 heteroatoms. The number of nitrogens with one attached hydrogen (secondary N) is 1. The quantitative estimate of drug-likeness (QED) is 0.320. The van der Waals surface area contributed by atoms with Crippen molar-refractivity contribution in [3.8, 4) is 17.0 Å². The van der Waals surface area contributed by atoms with Crippen LogP contribution in [0, 0.1) is 18.7 Å². The minimum absolute atomic E-state index is 0.135. The van der Waals surface area contributed by atoms with Crippen molar-refractivity contribution >= 4 is 11.5 Å². The van der Waals surface area contributed by atoms with Gasteiger partial charge in [0, 0.05) is 17.0 Å². The van der Waals surface area contributed by atoms with Gasteiger partial charge >= 0.3 is 12.1 Å². The SMILES string of the molecule is COC(=O)[C@H]1CC[C@@]2(C=C(c3cc(-c4[nH]c(C)nc4C(F)(F)F)ccc3OC)CO2)[C@@H]1c1ccc(F)cc1. The van der Waals surface area contributed by atoms with Crippen molar-refractivity contribution in [3.05, 3.63) is 77.0 Å². The molecule has 3 aromatic rings. The number of aromatic nitrogens is 2. The van der Waals surface area contributed by atoms with Gasteiger partial charge in [-0.2, -0.15) is 13.2 Å². The van der Waals surface area contributed by atoms with E-state index in [0.717, 1.165) is 5.56 Å². The fraction of sp³-hybridized carbons (Fsp3) is 0.357. The van der Waals surface area contributed by atoms with Gasteiger partial charge in [-0.25, -0.2) is 9.37 Å². The molecule has 0 unspecified atom stereocenters.